The third-order valence-electron chi connectivity index (χ3n) is 3.98. The summed E-state index contributed by atoms with van der Waals surface area (Å²) in [5.74, 6) is 0.831. The number of ether oxygens (including phenoxy) is 1. The minimum Gasteiger partial charge on any atom is -0.497 e. The average Bonchev–Trinajstić information content (AvgIpc) is 2.55. The molecule has 2 aromatic rings. The number of benzene rings is 2. The third-order valence-corrected chi connectivity index (χ3v) is 3.98. The summed E-state index contributed by atoms with van der Waals surface area (Å²) in [6.07, 6.45) is 0.754. The van der Waals surface area contributed by atoms with E-state index < -0.39 is 0 Å². The van der Waals surface area contributed by atoms with E-state index >= 15 is 0 Å². The fourth-order valence-electron chi connectivity index (χ4n) is 2.60. The molecule has 2 rings (SSSR count). The van der Waals surface area contributed by atoms with Crippen molar-refractivity contribution in [1.29, 1.82) is 0 Å². The molecular formula is C20H26N2O2. The van der Waals surface area contributed by atoms with Crippen molar-refractivity contribution in [2.75, 3.05) is 7.11 Å². The summed E-state index contributed by atoms with van der Waals surface area (Å²) in [4.78, 5) is 12.2. The molecule has 0 spiro atoms. The molecule has 24 heavy (non-hydrogen) atoms. The normalized spacial score (nSPS) is 13.0. The zero-order valence-electron chi connectivity index (χ0n) is 14.8. The Kier molecular flexibility index (Phi) is 6.24. The highest BCUT2D eigenvalue weighted by Crippen LogP contribution is 2.15. The standard InChI is InChI=1S/C20H26N2O2/c1-14-8-10-18(11-9-14)16(3)22-20(23)21-15(2)12-17-6-5-7-19(13-17)24-4/h5-11,13,15-16H,12H2,1-4H3,(H2,21,22,23). The molecule has 4 nitrogen and oxygen atoms in total. The van der Waals surface area contributed by atoms with Crippen molar-refractivity contribution in [2.24, 2.45) is 0 Å². The van der Waals surface area contributed by atoms with Crippen LogP contribution < -0.4 is 15.4 Å². The topological polar surface area (TPSA) is 50.4 Å². The molecule has 2 N–H and O–H groups in total. The van der Waals surface area contributed by atoms with Crippen molar-refractivity contribution < 1.29 is 9.53 Å². The number of hydrogen-bond acceptors (Lipinski definition) is 2. The van der Waals surface area contributed by atoms with Crippen molar-refractivity contribution in [1.82, 2.24) is 10.6 Å². The molecule has 0 aromatic heterocycles. The van der Waals surface area contributed by atoms with E-state index in [1.54, 1.807) is 7.11 Å². The Morgan fingerprint density at radius 2 is 1.79 bits per heavy atom. The second-order valence-electron chi connectivity index (χ2n) is 6.21. The Hall–Kier alpha value is -2.49. The van der Waals surface area contributed by atoms with Crippen LogP contribution in [-0.4, -0.2) is 19.2 Å². The van der Waals surface area contributed by atoms with Gasteiger partial charge in [-0.25, -0.2) is 4.79 Å². The fraction of sp³-hybridized carbons (Fsp3) is 0.350. The predicted molar refractivity (Wildman–Crippen MR) is 97.4 cm³/mol. The lowest BCUT2D eigenvalue weighted by atomic mass is 10.1. The van der Waals surface area contributed by atoms with Crippen LogP contribution in [-0.2, 0) is 6.42 Å². The van der Waals surface area contributed by atoms with Crippen molar-refractivity contribution in [3.63, 3.8) is 0 Å². The van der Waals surface area contributed by atoms with Crippen molar-refractivity contribution >= 4 is 6.03 Å². The van der Waals surface area contributed by atoms with Crippen LogP contribution in [0.2, 0.25) is 0 Å². The Morgan fingerprint density at radius 3 is 2.46 bits per heavy atom. The van der Waals surface area contributed by atoms with E-state index in [0.29, 0.717) is 0 Å². The summed E-state index contributed by atoms with van der Waals surface area (Å²) in [5.41, 5.74) is 3.44. The van der Waals surface area contributed by atoms with Crippen LogP contribution in [0.25, 0.3) is 0 Å². The summed E-state index contributed by atoms with van der Waals surface area (Å²) < 4.78 is 5.23. The molecule has 0 saturated carbocycles. The van der Waals surface area contributed by atoms with Crippen LogP contribution in [0, 0.1) is 6.92 Å². The van der Waals surface area contributed by atoms with Crippen LogP contribution in [0.1, 0.15) is 36.6 Å². The first-order valence-electron chi connectivity index (χ1n) is 8.24. The van der Waals surface area contributed by atoms with E-state index in [4.69, 9.17) is 4.74 Å². The SMILES string of the molecule is COc1cccc(CC(C)NC(=O)NC(C)c2ccc(C)cc2)c1. The van der Waals surface area contributed by atoms with Gasteiger partial charge in [0.1, 0.15) is 5.75 Å². The zero-order valence-corrected chi connectivity index (χ0v) is 14.8. The van der Waals surface area contributed by atoms with Gasteiger partial charge in [-0.05, 0) is 50.5 Å². The maximum Gasteiger partial charge on any atom is 0.315 e. The van der Waals surface area contributed by atoms with Gasteiger partial charge in [-0.3, -0.25) is 0 Å². The van der Waals surface area contributed by atoms with Crippen molar-refractivity contribution in [3.8, 4) is 5.75 Å². The molecule has 0 bridgehead atoms. The van der Waals surface area contributed by atoms with Gasteiger partial charge in [-0.2, -0.15) is 0 Å². The molecule has 0 saturated heterocycles. The smallest absolute Gasteiger partial charge is 0.315 e. The molecule has 4 heteroatoms. The number of amides is 2. The molecule has 2 aromatic carbocycles. The number of carbonyl (C=O) groups excluding carboxylic acids is 1. The van der Waals surface area contributed by atoms with E-state index in [2.05, 4.69) is 29.7 Å². The van der Waals surface area contributed by atoms with Crippen LogP contribution in [0.3, 0.4) is 0 Å². The Morgan fingerprint density at radius 1 is 1.08 bits per heavy atom. The molecule has 0 radical (unpaired) electrons. The number of rotatable bonds is 6. The van der Waals surface area contributed by atoms with Gasteiger partial charge in [0.15, 0.2) is 0 Å². The van der Waals surface area contributed by atoms with Gasteiger partial charge >= 0.3 is 6.03 Å². The number of nitrogens with one attached hydrogen (secondary N) is 2. The molecule has 0 fully saturated rings. The summed E-state index contributed by atoms with van der Waals surface area (Å²) in [6, 6.07) is 15.9. The first-order chi connectivity index (χ1) is 11.5. The quantitative estimate of drug-likeness (QED) is 0.843. The molecule has 0 aliphatic rings. The highest BCUT2D eigenvalue weighted by atomic mass is 16.5. The first kappa shape index (κ1) is 17.9. The zero-order chi connectivity index (χ0) is 17.5. The Bertz CT molecular complexity index is 668. The van der Waals surface area contributed by atoms with Crippen LogP contribution in [0.4, 0.5) is 4.79 Å². The second kappa shape index (κ2) is 8.39. The molecule has 2 atom stereocenters. The lowest BCUT2D eigenvalue weighted by Gasteiger charge is -2.19. The third kappa shape index (κ3) is 5.30. The number of hydrogen-bond donors (Lipinski definition) is 2. The number of urea groups is 1. The van der Waals surface area contributed by atoms with Gasteiger partial charge in [-0.15, -0.1) is 0 Å². The van der Waals surface area contributed by atoms with Gasteiger partial charge in [0.05, 0.1) is 13.2 Å². The minimum absolute atomic E-state index is 0.0299. The van der Waals surface area contributed by atoms with Crippen molar-refractivity contribution in [3.05, 3.63) is 65.2 Å². The Labute approximate surface area is 144 Å². The highest BCUT2D eigenvalue weighted by Gasteiger charge is 2.12. The highest BCUT2D eigenvalue weighted by molar-refractivity contribution is 5.74. The summed E-state index contributed by atoms with van der Waals surface area (Å²) in [5, 5.41) is 5.97. The maximum atomic E-state index is 12.2. The van der Waals surface area contributed by atoms with E-state index in [-0.39, 0.29) is 18.1 Å². The van der Waals surface area contributed by atoms with Crippen LogP contribution in [0.5, 0.6) is 5.75 Å². The van der Waals surface area contributed by atoms with Gasteiger partial charge < -0.3 is 15.4 Å². The number of aryl methyl sites for hydroxylation is 1. The number of methoxy groups -OCH3 is 1. The van der Waals surface area contributed by atoms with Crippen LogP contribution in [0.15, 0.2) is 48.5 Å². The Balaban J connectivity index is 1.85. The molecule has 0 aliphatic heterocycles. The van der Waals surface area contributed by atoms with Gasteiger partial charge in [-0.1, -0.05) is 42.0 Å². The van der Waals surface area contributed by atoms with Crippen molar-refractivity contribution in [2.45, 2.75) is 39.3 Å². The first-order valence-corrected chi connectivity index (χ1v) is 8.24. The summed E-state index contributed by atoms with van der Waals surface area (Å²) >= 11 is 0. The van der Waals surface area contributed by atoms with Gasteiger partial charge in [0.25, 0.3) is 0 Å². The van der Waals surface area contributed by atoms with E-state index in [0.717, 1.165) is 23.3 Å². The molecule has 2 amide bonds. The predicted octanol–water partition coefficient (Wildman–Crippen LogP) is 4.00. The maximum absolute atomic E-state index is 12.2. The van der Waals surface area contributed by atoms with E-state index in [9.17, 15) is 4.79 Å². The molecule has 2 unspecified atom stereocenters. The fourth-order valence-corrected chi connectivity index (χ4v) is 2.60. The van der Waals surface area contributed by atoms with Gasteiger partial charge in [0.2, 0.25) is 0 Å². The van der Waals surface area contributed by atoms with E-state index in [1.165, 1.54) is 5.56 Å². The molecule has 0 heterocycles. The molecule has 0 aliphatic carbocycles. The largest absolute Gasteiger partial charge is 0.497 e. The molecule has 128 valence electrons. The minimum atomic E-state index is -0.154. The summed E-state index contributed by atoms with van der Waals surface area (Å²) in [7, 11) is 1.65. The lowest BCUT2D eigenvalue weighted by Crippen LogP contribution is -2.42. The average molecular weight is 326 g/mol. The number of carbonyl (C=O) groups is 1. The van der Waals surface area contributed by atoms with Crippen LogP contribution >= 0.6 is 0 Å². The second-order valence-corrected chi connectivity index (χ2v) is 6.21. The monoisotopic (exact) mass is 326 g/mol. The van der Waals surface area contributed by atoms with E-state index in [1.807, 2.05) is 50.2 Å². The molecular weight excluding hydrogens is 300 g/mol. The lowest BCUT2D eigenvalue weighted by molar-refractivity contribution is 0.234. The summed E-state index contributed by atoms with van der Waals surface area (Å²) in [6.45, 7) is 6.03. The van der Waals surface area contributed by atoms with Gasteiger partial charge in [0, 0.05) is 6.04 Å².